The van der Waals surface area contributed by atoms with E-state index in [4.69, 9.17) is 11.6 Å². The first-order chi connectivity index (χ1) is 8.90. The van der Waals surface area contributed by atoms with E-state index in [1.807, 2.05) is 6.20 Å². The van der Waals surface area contributed by atoms with Crippen molar-refractivity contribution in [1.82, 2.24) is 25.0 Å². The van der Waals surface area contributed by atoms with Crippen molar-refractivity contribution in [1.29, 1.82) is 0 Å². The van der Waals surface area contributed by atoms with Crippen LogP contribution in [0.15, 0.2) is 12.4 Å². The van der Waals surface area contributed by atoms with Gasteiger partial charge in [0.15, 0.2) is 11.5 Å². The molecule has 3 rings (SSSR count). The molecule has 0 bridgehead atoms. The first kappa shape index (κ1) is 11.6. The molecule has 1 fully saturated rings. The second kappa shape index (κ2) is 5.06. The van der Waals surface area contributed by atoms with Crippen LogP contribution in [0.25, 0.3) is 5.65 Å². The maximum Gasteiger partial charge on any atom is 0.199 e. The van der Waals surface area contributed by atoms with Crippen molar-refractivity contribution in [3.05, 3.63) is 12.4 Å². The highest BCUT2D eigenvalue weighted by Gasteiger charge is 2.26. The molecule has 1 aliphatic rings. The number of hydrogen-bond acceptors (Lipinski definition) is 5. The van der Waals surface area contributed by atoms with Gasteiger partial charge in [-0.05, 0) is 36.1 Å². The molecule has 0 unspecified atom stereocenters. The van der Waals surface area contributed by atoms with Crippen molar-refractivity contribution < 1.29 is 0 Å². The first-order valence-electron chi connectivity index (χ1n) is 6.25. The Hall–Kier alpha value is -1.43. The third-order valence-electron chi connectivity index (χ3n) is 3.43. The van der Waals surface area contributed by atoms with Crippen LogP contribution in [0.4, 0.5) is 5.82 Å². The zero-order valence-electron chi connectivity index (χ0n) is 10.0. The number of halogens is 1. The lowest BCUT2D eigenvalue weighted by molar-refractivity contribution is 0.382. The fourth-order valence-corrected chi connectivity index (χ4v) is 2.39. The molecule has 0 atom stereocenters. The molecule has 0 aliphatic heterocycles. The Labute approximate surface area is 110 Å². The molecule has 0 aromatic carbocycles. The van der Waals surface area contributed by atoms with Gasteiger partial charge in [-0.3, -0.25) is 4.98 Å². The smallest absolute Gasteiger partial charge is 0.199 e. The standard InChI is InChI=1S/C11H15ClN6/c12-5-2-6-17(9-3-1-4-9)11-8-13-7-10-14-15-16-18(10)11/h7-9H,1-6H2. The minimum atomic E-state index is 0.574. The van der Waals surface area contributed by atoms with E-state index < -0.39 is 0 Å². The van der Waals surface area contributed by atoms with Crippen molar-refractivity contribution in [3.63, 3.8) is 0 Å². The normalized spacial score (nSPS) is 15.8. The lowest BCUT2D eigenvalue weighted by Gasteiger charge is -2.38. The number of nitrogens with zero attached hydrogens (tertiary/aromatic N) is 6. The zero-order chi connectivity index (χ0) is 12.4. The maximum absolute atomic E-state index is 5.81. The fraction of sp³-hybridized carbons (Fsp3) is 0.636. The van der Waals surface area contributed by atoms with Crippen molar-refractivity contribution in [2.75, 3.05) is 17.3 Å². The van der Waals surface area contributed by atoms with Crippen LogP contribution in [-0.2, 0) is 0 Å². The van der Waals surface area contributed by atoms with Crippen LogP contribution in [0, 0.1) is 0 Å². The van der Waals surface area contributed by atoms with Gasteiger partial charge in [0.25, 0.3) is 0 Å². The number of fused-ring (bicyclic) bond motifs is 1. The Morgan fingerprint density at radius 3 is 3.00 bits per heavy atom. The van der Waals surface area contributed by atoms with Crippen LogP contribution in [0.1, 0.15) is 25.7 Å². The molecule has 0 saturated heterocycles. The number of rotatable bonds is 5. The number of tetrazole rings is 1. The van der Waals surface area contributed by atoms with Crippen molar-refractivity contribution in [2.45, 2.75) is 31.7 Å². The van der Waals surface area contributed by atoms with Gasteiger partial charge in [0.05, 0.1) is 12.4 Å². The van der Waals surface area contributed by atoms with E-state index in [9.17, 15) is 0 Å². The summed E-state index contributed by atoms with van der Waals surface area (Å²) in [6.07, 6.45) is 8.19. The Morgan fingerprint density at radius 2 is 2.28 bits per heavy atom. The first-order valence-corrected chi connectivity index (χ1v) is 6.78. The van der Waals surface area contributed by atoms with Crippen molar-refractivity contribution >= 4 is 23.1 Å². The van der Waals surface area contributed by atoms with Crippen LogP contribution in [0.2, 0.25) is 0 Å². The Balaban J connectivity index is 1.94. The molecule has 0 amide bonds. The minimum Gasteiger partial charge on any atom is -0.352 e. The lowest BCUT2D eigenvalue weighted by Crippen LogP contribution is -2.42. The van der Waals surface area contributed by atoms with E-state index >= 15 is 0 Å². The summed E-state index contributed by atoms with van der Waals surface area (Å²) in [5, 5.41) is 11.7. The fourth-order valence-electron chi connectivity index (χ4n) is 2.27. The number of anilines is 1. The molecule has 18 heavy (non-hydrogen) atoms. The molecule has 2 aromatic heterocycles. The molecule has 96 valence electrons. The molecule has 1 saturated carbocycles. The Bertz CT molecular complexity index is 523. The van der Waals surface area contributed by atoms with Gasteiger partial charge in [-0.15, -0.1) is 16.7 Å². The van der Waals surface area contributed by atoms with E-state index in [2.05, 4.69) is 25.4 Å². The summed E-state index contributed by atoms with van der Waals surface area (Å²) in [5.41, 5.74) is 0.683. The van der Waals surface area contributed by atoms with Crippen LogP contribution in [0.5, 0.6) is 0 Å². The third kappa shape index (κ3) is 2.01. The van der Waals surface area contributed by atoms with E-state index in [0.29, 0.717) is 17.6 Å². The number of aromatic nitrogens is 5. The third-order valence-corrected chi connectivity index (χ3v) is 3.70. The average molecular weight is 267 g/mol. The zero-order valence-corrected chi connectivity index (χ0v) is 10.8. The Morgan fingerprint density at radius 1 is 1.39 bits per heavy atom. The second-order valence-corrected chi connectivity index (χ2v) is 4.91. The van der Waals surface area contributed by atoms with Crippen LogP contribution in [0.3, 0.4) is 0 Å². The quantitative estimate of drug-likeness (QED) is 0.768. The van der Waals surface area contributed by atoms with Gasteiger partial charge in [-0.25, -0.2) is 0 Å². The molecule has 2 aromatic rings. The summed E-state index contributed by atoms with van der Waals surface area (Å²) in [7, 11) is 0. The number of alkyl halides is 1. The summed E-state index contributed by atoms with van der Waals surface area (Å²) in [6, 6.07) is 0.574. The molecule has 6 nitrogen and oxygen atoms in total. The number of hydrogen-bond donors (Lipinski definition) is 0. The van der Waals surface area contributed by atoms with E-state index in [1.165, 1.54) is 19.3 Å². The summed E-state index contributed by atoms with van der Waals surface area (Å²) < 4.78 is 1.75. The monoisotopic (exact) mass is 266 g/mol. The van der Waals surface area contributed by atoms with Crippen LogP contribution >= 0.6 is 11.6 Å². The maximum atomic E-state index is 5.81. The second-order valence-electron chi connectivity index (χ2n) is 4.54. The van der Waals surface area contributed by atoms with Gasteiger partial charge in [-0.2, -0.15) is 4.52 Å². The molecule has 2 heterocycles. The van der Waals surface area contributed by atoms with Gasteiger partial charge in [-0.1, -0.05) is 0 Å². The molecular formula is C11H15ClN6. The van der Waals surface area contributed by atoms with Crippen molar-refractivity contribution in [3.8, 4) is 0 Å². The topological polar surface area (TPSA) is 59.2 Å². The van der Waals surface area contributed by atoms with Gasteiger partial charge >= 0.3 is 0 Å². The average Bonchev–Trinajstić information content (AvgIpc) is 2.80. The van der Waals surface area contributed by atoms with Gasteiger partial charge in [0.1, 0.15) is 0 Å². The molecule has 1 aliphatic carbocycles. The summed E-state index contributed by atoms with van der Waals surface area (Å²) in [4.78, 5) is 6.55. The van der Waals surface area contributed by atoms with E-state index in [-0.39, 0.29) is 0 Å². The summed E-state index contributed by atoms with van der Waals surface area (Å²) in [5.74, 6) is 1.63. The van der Waals surface area contributed by atoms with Gasteiger partial charge < -0.3 is 4.90 Å². The summed E-state index contributed by atoms with van der Waals surface area (Å²) in [6.45, 7) is 0.925. The van der Waals surface area contributed by atoms with Crippen molar-refractivity contribution in [2.24, 2.45) is 0 Å². The van der Waals surface area contributed by atoms with E-state index in [1.54, 1.807) is 10.7 Å². The van der Waals surface area contributed by atoms with Gasteiger partial charge in [0.2, 0.25) is 0 Å². The summed E-state index contributed by atoms with van der Waals surface area (Å²) >= 11 is 5.81. The molecule has 7 heteroatoms. The highest BCUT2D eigenvalue weighted by Crippen LogP contribution is 2.29. The van der Waals surface area contributed by atoms with Gasteiger partial charge in [0, 0.05) is 18.5 Å². The molecule has 0 N–H and O–H groups in total. The highest BCUT2D eigenvalue weighted by atomic mass is 35.5. The largest absolute Gasteiger partial charge is 0.352 e. The predicted molar refractivity (Wildman–Crippen MR) is 68.9 cm³/mol. The van der Waals surface area contributed by atoms with E-state index in [0.717, 1.165) is 18.8 Å². The molecular weight excluding hydrogens is 252 g/mol. The Kier molecular flexibility index (Phi) is 3.27. The predicted octanol–water partition coefficient (Wildman–Crippen LogP) is 1.51. The SMILES string of the molecule is ClCCCN(c1cncc2nnnn12)C1CCC1. The van der Waals surface area contributed by atoms with Crippen LogP contribution < -0.4 is 4.90 Å². The lowest BCUT2D eigenvalue weighted by atomic mass is 9.91. The minimum absolute atomic E-state index is 0.574. The van der Waals surface area contributed by atoms with Crippen LogP contribution in [-0.4, -0.2) is 43.5 Å². The molecule has 0 radical (unpaired) electrons. The molecule has 0 spiro atoms. The highest BCUT2D eigenvalue weighted by molar-refractivity contribution is 6.17.